The van der Waals surface area contributed by atoms with Crippen molar-refractivity contribution < 1.29 is 9.18 Å². The molecule has 8 heteroatoms. The van der Waals surface area contributed by atoms with Crippen LogP contribution in [-0.2, 0) is 10.3 Å². The Labute approximate surface area is 195 Å². The summed E-state index contributed by atoms with van der Waals surface area (Å²) in [6.45, 7) is 2.04. The molecule has 32 heavy (non-hydrogen) atoms. The molecule has 1 unspecified atom stereocenters. The summed E-state index contributed by atoms with van der Waals surface area (Å²) >= 11 is 3.27. The number of benzene rings is 1. The van der Waals surface area contributed by atoms with Gasteiger partial charge in [0.05, 0.1) is 10.0 Å². The van der Waals surface area contributed by atoms with Gasteiger partial charge >= 0.3 is 0 Å². The number of halogens is 2. The summed E-state index contributed by atoms with van der Waals surface area (Å²) in [5.74, 6) is 0.814. The fourth-order valence-corrected chi connectivity index (χ4v) is 5.52. The summed E-state index contributed by atoms with van der Waals surface area (Å²) in [5, 5.41) is 12.5. The maximum atomic E-state index is 13.6. The molecule has 2 atom stereocenters. The number of piperazine rings is 1. The van der Waals surface area contributed by atoms with Gasteiger partial charge in [-0.1, -0.05) is 6.07 Å². The third kappa shape index (κ3) is 4.00. The Bertz CT molecular complexity index is 1050. The van der Waals surface area contributed by atoms with Crippen LogP contribution < -0.4 is 10.2 Å². The molecular formula is C24H25BrFN5O. The number of pyridine rings is 1. The van der Waals surface area contributed by atoms with Crippen LogP contribution >= 0.6 is 15.9 Å². The van der Waals surface area contributed by atoms with Gasteiger partial charge in [0, 0.05) is 49.9 Å². The fraction of sp³-hybridized carbons (Fsp3) is 0.458. The number of amides is 1. The van der Waals surface area contributed by atoms with Crippen molar-refractivity contribution in [3.8, 4) is 6.07 Å². The van der Waals surface area contributed by atoms with Crippen LogP contribution in [-0.4, -0.2) is 47.5 Å². The Morgan fingerprint density at radius 2 is 2.00 bits per heavy atom. The second-order valence-corrected chi connectivity index (χ2v) is 9.85. The molecule has 0 spiro atoms. The molecule has 1 amide bonds. The highest BCUT2D eigenvalue weighted by Crippen LogP contribution is 2.46. The molecule has 166 valence electrons. The molecule has 6 nitrogen and oxygen atoms in total. The Morgan fingerprint density at radius 3 is 2.59 bits per heavy atom. The first-order valence-corrected chi connectivity index (χ1v) is 11.9. The van der Waals surface area contributed by atoms with Crippen LogP contribution in [0.15, 0.2) is 41.0 Å². The van der Waals surface area contributed by atoms with Gasteiger partial charge in [-0.2, -0.15) is 5.26 Å². The minimum Gasteiger partial charge on any atom is -0.347 e. The standard InChI is InChI=1S/C24H25BrFN5O/c25-20-11-17(2-5-21(20)26)24(8-9-24)29-10-7-23(32)30-14-18-3-4-19(15-30)31(18)22-6-1-16(12-27)13-28-22/h1-2,5-6,11,13,18-19,29H,3-4,7-10,14-15H2/t18-,19?/m0/s1. The van der Waals surface area contributed by atoms with Gasteiger partial charge in [-0.15, -0.1) is 0 Å². The van der Waals surface area contributed by atoms with Crippen molar-refractivity contribution in [1.82, 2.24) is 15.2 Å². The number of nitrogens with zero attached hydrogens (tertiary/aromatic N) is 4. The summed E-state index contributed by atoms with van der Waals surface area (Å²) in [7, 11) is 0. The lowest BCUT2D eigenvalue weighted by molar-refractivity contribution is -0.132. The normalized spacial score (nSPS) is 23.2. The highest BCUT2D eigenvalue weighted by Gasteiger charge is 2.45. The van der Waals surface area contributed by atoms with Crippen LogP contribution in [0.3, 0.4) is 0 Å². The van der Waals surface area contributed by atoms with E-state index in [1.807, 2.05) is 23.1 Å². The lowest BCUT2D eigenvalue weighted by Gasteiger charge is -2.42. The van der Waals surface area contributed by atoms with Crippen molar-refractivity contribution in [2.45, 2.75) is 49.7 Å². The van der Waals surface area contributed by atoms with E-state index in [0.717, 1.165) is 37.1 Å². The molecule has 1 saturated carbocycles. The first-order chi connectivity index (χ1) is 15.5. The summed E-state index contributed by atoms with van der Waals surface area (Å²) in [4.78, 5) is 21.7. The van der Waals surface area contributed by atoms with Crippen LogP contribution in [0, 0.1) is 17.1 Å². The number of fused-ring (bicyclic) bond motifs is 2. The lowest BCUT2D eigenvalue weighted by atomic mass is 10.0. The van der Waals surface area contributed by atoms with Crippen molar-refractivity contribution in [3.05, 3.63) is 57.9 Å². The Morgan fingerprint density at radius 1 is 1.25 bits per heavy atom. The number of hydrogen-bond donors (Lipinski definition) is 1. The molecule has 2 saturated heterocycles. The molecule has 1 N–H and O–H groups in total. The highest BCUT2D eigenvalue weighted by molar-refractivity contribution is 9.10. The second-order valence-electron chi connectivity index (χ2n) is 9.00. The van der Waals surface area contributed by atoms with E-state index in [4.69, 9.17) is 5.26 Å². The molecule has 5 rings (SSSR count). The minimum absolute atomic E-state index is 0.129. The monoisotopic (exact) mass is 497 g/mol. The van der Waals surface area contributed by atoms with E-state index in [2.05, 4.69) is 37.2 Å². The van der Waals surface area contributed by atoms with Crippen LogP contribution in [0.1, 0.15) is 43.2 Å². The summed E-state index contributed by atoms with van der Waals surface area (Å²) in [6, 6.07) is 11.5. The SMILES string of the molecule is N#Cc1ccc(N2C3CC[C@H]2CN(C(=O)CCNC2(c4ccc(F)c(Br)c4)CC2)C3)nc1. The number of hydrogen-bond acceptors (Lipinski definition) is 5. The Balaban J connectivity index is 1.16. The predicted octanol–water partition coefficient (Wildman–Crippen LogP) is 3.70. The number of rotatable bonds is 6. The maximum Gasteiger partial charge on any atom is 0.223 e. The topological polar surface area (TPSA) is 72.3 Å². The summed E-state index contributed by atoms with van der Waals surface area (Å²) < 4.78 is 14.0. The van der Waals surface area contributed by atoms with Gasteiger partial charge in [-0.05, 0) is 71.4 Å². The van der Waals surface area contributed by atoms with Crippen LogP contribution in [0.4, 0.5) is 10.2 Å². The molecule has 2 aromatic rings. The molecular weight excluding hydrogens is 473 g/mol. The zero-order valence-corrected chi connectivity index (χ0v) is 19.3. The quantitative estimate of drug-likeness (QED) is 0.658. The Kier molecular flexibility index (Phi) is 5.64. The molecule has 1 aliphatic carbocycles. The number of likely N-dealkylation sites (tertiary alicyclic amines) is 1. The van der Waals surface area contributed by atoms with Crippen molar-refractivity contribution in [2.24, 2.45) is 0 Å². The lowest BCUT2D eigenvalue weighted by Crippen LogP contribution is -2.56. The van der Waals surface area contributed by atoms with Gasteiger partial charge in [-0.25, -0.2) is 9.37 Å². The Hall–Kier alpha value is -2.50. The van der Waals surface area contributed by atoms with Gasteiger partial charge in [0.1, 0.15) is 17.7 Å². The molecule has 1 aromatic carbocycles. The molecule has 0 radical (unpaired) electrons. The number of aromatic nitrogens is 1. The number of carbonyl (C=O) groups excluding carboxylic acids is 1. The van der Waals surface area contributed by atoms with Crippen molar-refractivity contribution in [3.63, 3.8) is 0 Å². The van der Waals surface area contributed by atoms with E-state index in [-0.39, 0.29) is 29.3 Å². The minimum atomic E-state index is -0.260. The van der Waals surface area contributed by atoms with Crippen molar-refractivity contribution in [2.75, 3.05) is 24.5 Å². The van der Waals surface area contributed by atoms with E-state index in [1.54, 1.807) is 12.3 Å². The smallest absolute Gasteiger partial charge is 0.223 e. The average Bonchev–Trinajstić information content (AvgIpc) is 3.55. The fourth-order valence-electron chi connectivity index (χ4n) is 5.14. The number of carbonyl (C=O) groups is 1. The van der Waals surface area contributed by atoms with Gasteiger partial charge in [0.25, 0.3) is 0 Å². The first kappa shape index (κ1) is 21.4. The molecule has 1 aromatic heterocycles. The highest BCUT2D eigenvalue weighted by atomic mass is 79.9. The van der Waals surface area contributed by atoms with Crippen LogP contribution in [0.2, 0.25) is 0 Å². The number of anilines is 1. The zero-order valence-electron chi connectivity index (χ0n) is 17.7. The third-order valence-electron chi connectivity index (χ3n) is 7.00. The molecule has 3 heterocycles. The average molecular weight is 498 g/mol. The van der Waals surface area contributed by atoms with E-state index >= 15 is 0 Å². The molecule has 2 aliphatic heterocycles. The third-order valence-corrected chi connectivity index (χ3v) is 7.61. The summed E-state index contributed by atoms with van der Waals surface area (Å²) in [6.07, 6.45) is 6.18. The van der Waals surface area contributed by atoms with E-state index in [9.17, 15) is 9.18 Å². The van der Waals surface area contributed by atoms with Crippen LogP contribution in [0.5, 0.6) is 0 Å². The summed E-state index contributed by atoms with van der Waals surface area (Å²) in [5.41, 5.74) is 1.50. The van der Waals surface area contributed by atoms with Crippen LogP contribution in [0.25, 0.3) is 0 Å². The molecule has 3 fully saturated rings. The largest absolute Gasteiger partial charge is 0.347 e. The van der Waals surface area contributed by atoms with E-state index < -0.39 is 0 Å². The van der Waals surface area contributed by atoms with Gasteiger partial charge in [0.15, 0.2) is 0 Å². The number of nitrogens with one attached hydrogen (secondary N) is 1. The second kappa shape index (κ2) is 8.45. The van der Waals surface area contributed by atoms with Crippen molar-refractivity contribution in [1.29, 1.82) is 5.26 Å². The van der Waals surface area contributed by atoms with E-state index in [1.165, 1.54) is 6.07 Å². The predicted molar refractivity (Wildman–Crippen MR) is 122 cm³/mol. The van der Waals surface area contributed by atoms with Gasteiger partial charge in [0.2, 0.25) is 5.91 Å². The molecule has 2 bridgehead atoms. The zero-order chi connectivity index (χ0) is 22.3. The molecule has 3 aliphatic rings. The van der Waals surface area contributed by atoms with Gasteiger partial charge < -0.3 is 15.1 Å². The van der Waals surface area contributed by atoms with Crippen molar-refractivity contribution >= 4 is 27.7 Å². The van der Waals surface area contributed by atoms with E-state index in [0.29, 0.717) is 36.1 Å². The first-order valence-electron chi connectivity index (χ1n) is 11.1. The maximum absolute atomic E-state index is 13.6. The number of nitriles is 1. The van der Waals surface area contributed by atoms with Gasteiger partial charge in [-0.3, -0.25) is 4.79 Å².